The number of ether oxygens (including phenoxy) is 1. The van der Waals surface area contributed by atoms with Crippen LogP contribution < -0.4 is 0 Å². The van der Waals surface area contributed by atoms with Gasteiger partial charge in [-0.1, -0.05) is 44.2 Å². The van der Waals surface area contributed by atoms with Gasteiger partial charge < -0.3 is 0 Å². The average Bonchev–Trinajstić information content (AvgIpc) is 2.44. The van der Waals surface area contributed by atoms with Gasteiger partial charge in [-0.15, -0.1) is 13.2 Å². The highest BCUT2D eigenvalue weighted by Gasteiger charge is 2.52. The molecule has 0 aliphatic heterocycles. The minimum atomic E-state index is -5.24. The second kappa shape index (κ2) is 7.07. The van der Waals surface area contributed by atoms with E-state index in [0.717, 1.165) is 0 Å². The summed E-state index contributed by atoms with van der Waals surface area (Å²) >= 11 is 0. The Balaban J connectivity index is 3.23. The van der Waals surface area contributed by atoms with Crippen LogP contribution in [0, 0.1) is 0 Å². The maximum Gasteiger partial charge on any atom is 0.523 e. The van der Waals surface area contributed by atoms with Crippen molar-refractivity contribution in [2.45, 2.75) is 56.9 Å². The van der Waals surface area contributed by atoms with Gasteiger partial charge in [0.1, 0.15) is 0 Å². The first-order valence-electron chi connectivity index (χ1n) is 6.94. The van der Waals surface area contributed by atoms with E-state index >= 15 is 0 Å². The van der Waals surface area contributed by atoms with E-state index in [9.17, 15) is 30.7 Å². The van der Waals surface area contributed by atoms with Crippen LogP contribution in [0.3, 0.4) is 0 Å². The first kappa shape index (κ1) is 19.7. The van der Waals surface area contributed by atoms with Gasteiger partial charge in [0.05, 0.1) is 5.60 Å². The molecule has 1 nitrogen and oxygen atoms in total. The maximum atomic E-state index is 13.5. The Labute approximate surface area is 129 Å². The van der Waals surface area contributed by atoms with Crippen molar-refractivity contribution in [2.75, 3.05) is 0 Å². The zero-order chi connectivity index (χ0) is 17.9. The summed E-state index contributed by atoms with van der Waals surface area (Å²) < 4.78 is 93.2. The van der Waals surface area contributed by atoms with E-state index in [-0.39, 0.29) is 0 Å². The summed E-state index contributed by atoms with van der Waals surface area (Å²) in [5.74, 6) is -1.09. The predicted molar refractivity (Wildman–Crippen MR) is 70.6 cm³/mol. The van der Waals surface area contributed by atoms with Crippen molar-refractivity contribution in [1.29, 1.82) is 0 Å². The molecule has 0 aliphatic rings. The van der Waals surface area contributed by atoms with Crippen molar-refractivity contribution in [2.24, 2.45) is 0 Å². The van der Waals surface area contributed by atoms with Gasteiger partial charge in [0.25, 0.3) is 0 Å². The lowest BCUT2D eigenvalue weighted by Gasteiger charge is -2.40. The molecule has 0 aliphatic carbocycles. The quantitative estimate of drug-likeness (QED) is 0.595. The topological polar surface area (TPSA) is 9.23 Å². The highest BCUT2D eigenvalue weighted by atomic mass is 19.4. The molecule has 0 N–H and O–H groups in total. The smallest absolute Gasteiger partial charge is 0.284 e. The SMILES string of the molecule is CCC(CC(F)C(F)(F)F)(OC(F)(F)F)C(C)c1ccccc1. The number of hydrogen-bond acceptors (Lipinski definition) is 1. The van der Waals surface area contributed by atoms with Crippen LogP contribution in [-0.2, 0) is 4.74 Å². The van der Waals surface area contributed by atoms with Gasteiger partial charge in [0.2, 0.25) is 0 Å². The third-order valence-corrected chi connectivity index (χ3v) is 3.89. The maximum absolute atomic E-state index is 13.5. The van der Waals surface area contributed by atoms with Crippen LogP contribution in [0.25, 0.3) is 0 Å². The lowest BCUT2D eigenvalue weighted by Crippen LogP contribution is -2.46. The number of halogens is 7. The third-order valence-electron chi connectivity index (χ3n) is 3.89. The van der Waals surface area contributed by atoms with Crippen molar-refractivity contribution in [3.8, 4) is 0 Å². The molecule has 0 amide bonds. The summed E-state index contributed by atoms with van der Waals surface area (Å²) in [5.41, 5.74) is -2.01. The monoisotopic (exact) mass is 346 g/mol. The first-order chi connectivity index (χ1) is 10.4. The van der Waals surface area contributed by atoms with E-state index in [4.69, 9.17) is 0 Å². The summed E-state index contributed by atoms with van der Waals surface area (Å²) in [4.78, 5) is 0. The van der Waals surface area contributed by atoms with E-state index < -0.39 is 43.1 Å². The molecule has 1 aromatic rings. The summed E-state index contributed by atoms with van der Waals surface area (Å²) in [6, 6.07) is 7.63. The van der Waals surface area contributed by atoms with E-state index in [1.165, 1.54) is 38.1 Å². The lowest BCUT2D eigenvalue weighted by atomic mass is 9.77. The average molecular weight is 346 g/mol. The molecule has 0 spiro atoms. The molecule has 132 valence electrons. The number of hydrogen-bond donors (Lipinski definition) is 0. The van der Waals surface area contributed by atoms with Crippen LogP contribution in [0.1, 0.15) is 38.2 Å². The van der Waals surface area contributed by atoms with Gasteiger partial charge in [-0.05, 0) is 12.0 Å². The highest BCUT2D eigenvalue weighted by molar-refractivity contribution is 5.22. The number of alkyl halides is 7. The van der Waals surface area contributed by atoms with Gasteiger partial charge in [-0.2, -0.15) is 13.2 Å². The third kappa shape index (κ3) is 5.37. The fraction of sp³-hybridized carbons (Fsp3) is 0.600. The van der Waals surface area contributed by atoms with Gasteiger partial charge >= 0.3 is 12.5 Å². The molecule has 8 heteroatoms. The number of rotatable bonds is 6. The van der Waals surface area contributed by atoms with E-state index in [1.807, 2.05) is 0 Å². The zero-order valence-electron chi connectivity index (χ0n) is 12.5. The van der Waals surface area contributed by atoms with Crippen molar-refractivity contribution in [1.82, 2.24) is 0 Å². The largest absolute Gasteiger partial charge is 0.523 e. The van der Waals surface area contributed by atoms with Crippen molar-refractivity contribution < 1.29 is 35.5 Å². The molecule has 1 aromatic carbocycles. The molecule has 0 saturated heterocycles. The van der Waals surface area contributed by atoms with Gasteiger partial charge in [-0.3, -0.25) is 4.74 Å². The summed E-state index contributed by atoms with van der Waals surface area (Å²) in [5, 5.41) is 0. The molecule has 0 aromatic heterocycles. The van der Waals surface area contributed by atoms with Gasteiger partial charge in [0.15, 0.2) is 6.17 Å². The van der Waals surface area contributed by atoms with Crippen LogP contribution in [0.2, 0.25) is 0 Å². The molecule has 0 saturated carbocycles. The molecule has 1 rings (SSSR count). The molecular formula is C15H17F7O. The highest BCUT2D eigenvalue weighted by Crippen LogP contribution is 2.44. The van der Waals surface area contributed by atoms with Crippen LogP contribution in [0.4, 0.5) is 30.7 Å². The minimum absolute atomic E-state index is 0.341. The van der Waals surface area contributed by atoms with Gasteiger partial charge in [0, 0.05) is 12.3 Å². The molecule has 0 bridgehead atoms. The fourth-order valence-corrected chi connectivity index (χ4v) is 2.52. The van der Waals surface area contributed by atoms with Gasteiger partial charge in [-0.25, -0.2) is 4.39 Å². The molecule has 0 radical (unpaired) electrons. The Kier molecular flexibility index (Phi) is 6.06. The van der Waals surface area contributed by atoms with Crippen LogP contribution in [0.15, 0.2) is 30.3 Å². The predicted octanol–water partition coefficient (Wildman–Crippen LogP) is 5.77. The molecule has 0 fully saturated rings. The van der Waals surface area contributed by atoms with Crippen LogP contribution >= 0.6 is 0 Å². The van der Waals surface area contributed by atoms with Crippen LogP contribution in [-0.4, -0.2) is 24.3 Å². The molecule has 23 heavy (non-hydrogen) atoms. The first-order valence-corrected chi connectivity index (χ1v) is 6.94. The van der Waals surface area contributed by atoms with Crippen molar-refractivity contribution >= 4 is 0 Å². The standard InChI is InChI=1S/C15H17F7O/c1-3-13(23-15(20,21)22,9-12(16)14(17,18)19)10(2)11-7-5-4-6-8-11/h4-8,10,12H,3,9H2,1-2H3. The Bertz CT molecular complexity index is 483. The normalized spacial score (nSPS) is 18.3. The summed E-state index contributed by atoms with van der Waals surface area (Å²) in [6.07, 6.45) is -15.7. The minimum Gasteiger partial charge on any atom is -0.284 e. The number of benzene rings is 1. The second-order valence-corrected chi connectivity index (χ2v) is 5.31. The fourth-order valence-electron chi connectivity index (χ4n) is 2.52. The van der Waals surface area contributed by atoms with Crippen LogP contribution in [0.5, 0.6) is 0 Å². The Morgan fingerprint density at radius 1 is 1.00 bits per heavy atom. The molecular weight excluding hydrogens is 329 g/mol. The summed E-state index contributed by atoms with van der Waals surface area (Å²) in [7, 11) is 0. The lowest BCUT2D eigenvalue weighted by molar-refractivity contribution is -0.376. The Morgan fingerprint density at radius 3 is 1.91 bits per heavy atom. The van der Waals surface area contributed by atoms with E-state index in [1.54, 1.807) is 6.07 Å². The van der Waals surface area contributed by atoms with E-state index in [2.05, 4.69) is 4.74 Å². The molecule has 0 heterocycles. The summed E-state index contributed by atoms with van der Waals surface area (Å²) in [6.45, 7) is 2.54. The molecule has 3 atom stereocenters. The van der Waals surface area contributed by atoms with Crippen molar-refractivity contribution in [3.63, 3.8) is 0 Å². The Hall–Kier alpha value is -1.31. The Morgan fingerprint density at radius 2 is 1.52 bits per heavy atom. The van der Waals surface area contributed by atoms with Crippen molar-refractivity contribution in [3.05, 3.63) is 35.9 Å². The second-order valence-electron chi connectivity index (χ2n) is 5.31. The van der Waals surface area contributed by atoms with E-state index in [0.29, 0.717) is 5.56 Å². The zero-order valence-corrected chi connectivity index (χ0v) is 12.5. The molecule has 3 unspecified atom stereocenters.